The van der Waals surface area contributed by atoms with Gasteiger partial charge in [0.05, 0.1) is 6.10 Å². The van der Waals surface area contributed by atoms with Gasteiger partial charge in [0, 0.05) is 36.4 Å². The van der Waals surface area contributed by atoms with Gasteiger partial charge in [0.1, 0.15) is 0 Å². The van der Waals surface area contributed by atoms with Gasteiger partial charge < -0.3 is 15.4 Å². The first kappa shape index (κ1) is 16.8. The SMILES string of the molecule is CCC1(CC)C(NC(=O)[C@H]2CCN[C@@H](C)C2)C(C)C1OC. The zero-order valence-electron chi connectivity index (χ0n) is 14.2. The Labute approximate surface area is 129 Å². The van der Waals surface area contributed by atoms with Crippen LogP contribution in [0.1, 0.15) is 53.4 Å². The number of ether oxygens (including phenoxy) is 1. The first-order valence-corrected chi connectivity index (χ1v) is 8.56. The Balaban J connectivity index is 2.02. The molecule has 3 unspecified atom stereocenters. The van der Waals surface area contributed by atoms with Crippen LogP contribution in [0.2, 0.25) is 0 Å². The van der Waals surface area contributed by atoms with E-state index < -0.39 is 0 Å². The maximum absolute atomic E-state index is 12.6. The lowest BCUT2D eigenvalue weighted by Gasteiger charge is -2.60. The molecule has 2 rings (SSSR count). The second kappa shape index (κ2) is 6.66. The number of amides is 1. The Bertz CT molecular complexity index is 368. The molecule has 2 N–H and O–H groups in total. The summed E-state index contributed by atoms with van der Waals surface area (Å²) < 4.78 is 5.71. The molecule has 0 aromatic carbocycles. The lowest BCUT2D eigenvalue weighted by atomic mass is 9.53. The molecular weight excluding hydrogens is 264 g/mol. The first-order chi connectivity index (χ1) is 10.00. The van der Waals surface area contributed by atoms with Crippen LogP contribution in [0.5, 0.6) is 0 Å². The van der Waals surface area contributed by atoms with Crippen LogP contribution in [0.3, 0.4) is 0 Å². The van der Waals surface area contributed by atoms with Gasteiger partial charge in [-0.3, -0.25) is 4.79 Å². The normalized spacial score (nSPS) is 38.6. The molecule has 1 aliphatic heterocycles. The van der Waals surface area contributed by atoms with Crippen LogP contribution in [0.25, 0.3) is 0 Å². The number of hydrogen-bond acceptors (Lipinski definition) is 3. The van der Waals surface area contributed by atoms with Gasteiger partial charge in [-0.2, -0.15) is 0 Å². The van der Waals surface area contributed by atoms with Crippen molar-refractivity contribution < 1.29 is 9.53 Å². The topological polar surface area (TPSA) is 50.4 Å². The molecule has 1 aliphatic carbocycles. The molecule has 4 heteroatoms. The predicted octanol–water partition coefficient (Wildman–Crippen LogP) is 2.33. The molecule has 2 aliphatic rings. The smallest absolute Gasteiger partial charge is 0.223 e. The Morgan fingerprint density at radius 2 is 2.00 bits per heavy atom. The third kappa shape index (κ3) is 2.85. The van der Waals surface area contributed by atoms with Crippen molar-refractivity contribution >= 4 is 5.91 Å². The number of rotatable bonds is 5. The highest BCUT2D eigenvalue weighted by molar-refractivity contribution is 5.79. The van der Waals surface area contributed by atoms with Gasteiger partial charge in [0.15, 0.2) is 0 Å². The van der Waals surface area contributed by atoms with Gasteiger partial charge in [-0.05, 0) is 39.2 Å². The van der Waals surface area contributed by atoms with Crippen molar-refractivity contribution in [2.75, 3.05) is 13.7 Å². The van der Waals surface area contributed by atoms with E-state index in [1.807, 2.05) is 0 Å². The fourth-order valence-electron chi connectivity index (χ4n) is 4.74. The lowest BCUT2D eigenvalue weighted by Crippen LogP contribution is -2.70. The van der Waals surface area contributed by atoms with E-state index in [-0.39, 0.29) is 29.4 Å². The Morgan fingerprint density at radius 3 is 2.52 bits per heavy atom. The molecule has 0 bridgehead atoms. The largest absolute Gasteiger partial charge is 0.380 e. The maximum atomic E-state index is 12.6. The average molecular weight is 296 g/mol. The quantitative estimate of drug-likeness (QED) is 0.818. The molecule has 0 aromatic rings. The van der Waals surface area contributed by atoms with Crippen molar-refractivity contribution in [3.05, 3.63) is 0 Å². The van der Waals surface area contributed by atoms with Crippen LogP contribution in [0.4, 0.5) is 0 Å². The predicted molar refractivity (Wildman–Crippen MR) is 85.1 cm³/mol. The van der Waals surface area contributed by atoms with Crippen LogP contribution in [0, 0.1) is 17.3 Å². The number of hydrogen-bond donors (Lipinski definition) is 2. The second-order valence-corrected chi connectivity index (χ2v) is 7.02. The number of carbonyl (C=O) groups excluding carboxylic acids is 1. The zero-order valence-corrected chi connectivity index (χ0v) is 14.2. The van der Waals surface area contributed by atoms with Crippen LogP contribution in [-0.4, -0.2) is 37.7 Å². The minimum atomic E-state index is 0.113. The highest BCUT2D eigenvalue weighted by Crippen LogP contribution is 2.52. The highest BCUT2D eigenvalue weighted by Gasteiger charge is 2.59. The standard InChI is InChI=1S/C17H32N2O2/c1-6-17(7-2)14(12(4)15(17)21-5)19-16(20)13-8-9-18-11(3)10-13/h11-15,18H,6-10H2,1-5H3,(H,19,20)/t11-,12?,13-,14?,15?/m0/s1. The van der Waals surface area contributed by atoms with Gasteiger partial charge in [-0.25, -0.2) is 0 Å². The van der Waals surface area contributed by atoms with Gasteiger partial charge in [0.2, 0.25) is 5.91 Å². The molecule has 1 saturated carbocycles. The van der Waals surface area contributed by atoms with Gasteiger partial charge in [0.25, 0.3) is 0 Å². The molecule has 0 spiro atoms. The molecule has 5 atom stereocenters. The summed E-state index contributed by atoms with van der Waals surface area (Å²) in [5.74, 6) is 0.820. The molecule has 1 amide bonds. The lowest BCUT2D eigenvalue weighted by molar-refractivity contribution is -0.173. The van der Waals surface area contributed by atoms with E-state index in [4.69, 9.17) is 4.74 Å². The van der Waals surface area contributed by atoms with Crippen molar-refractivity contribution in [1.29, 1.82) is 0 Å². The van der Waals surface area contributed by atoms with Crippen molar-refractivity contribution in [2.24, 2.45) is 17.3 Å². The minimum Gasteiger partial charge on any atom is -0.380 e. The van der Waals surface area contributed by atoms with E-state index in [2.05, 4.69) is 38.3 Å². The summed E-state index contributed by atoms with van der Waals surface area (Å²) in [6.45, 7) is 9.75. The summed E-state index contributed by atoms with van der Waals surface area (Å²) in [7, 11) is 1.80. The summed E-state index contributed by atoms with van der Waals surface area (Å²) >= 11 is 0. The van der Waals surface area contributed by atoms with Gasteiger partial charge >= 0.3 is 0 Å². The number of piperidine rings is 1. The second-order valence-electron chi connectivity index (χ2n) is 7.02. The molecular formula is C17H32N2O2. The first-order valence-electron chi connectivity index (χ1n) is 8.56. The summed E-state index contributed by atoms with van der Waals surface area (Å²) in [5, 5.41) is 6.78. The molecule has 1 saturated heterocycles. The Hall–Kier alpha value is -0.610. The molecule has 0 aromatic heterocycles. The average Bonchev–Trinajstić information content (AvgIpc) is 2.49. The van der Waals surface area contributed by atoms with E-state index in [1.54, 1.807) is 7.11 Å². The van der Waals surface area contributed by atoms with Crippen LogP contribution >= 0.6 is 0 Å². The van der Waals surface area contributed by atoms with Crippen LogP contribution in [-0.2, 0) is 9.53 Å². The number of methoxy groups -OCH3 is 1. The summed E-state index contributed by atoms with van der Waals surface area (Å²) in [6.07, 6.45) is 4.28. The third-order valence-electron chi connectivity index (χ3n) is 6.05. The Kier molecular flexibility index (Phi) is 5.31. The number of nitrogens with one attached hydrogen (secondary N) is 2. The van der Waals surface area contributed by atoms with Crippen molar-refractivity contribution in [1.82, 2.24) is 10.6 Å². The molecule has 2 fully saturated rings. The fraction of sp³-hybridized carbons (Fsp3) is 0.941. The molecule has 122 valence electrons. The van der Waals surface area contributed by atoms with Gasteiger partial charge in [-0.1, -0.05) is 20.8 Å². The third-order valence-corrected chi connectivity index (χ3v) is 6.05. The van der Waals surface area contributed by atoms with E-state index in [0.717, 1.165) is 32.2 Å². The molecule has 1 heterocycles. The fourth-order valence-corrected chi connectivity index (χ4v) is 4.74. The van der Waals surface area contributed by atoms with Crippen LogP contribution < -0.4 is 10.6 Å². The zero-order chi connectivity index (χ0) is 15.6. The van der Waals surface area contributed by atoms with E-state index in [9.17, 15) is 4.79 Å². The van der Waals surface area contributed by atoms with Gasteiger partial charge in [-0.15, -0.1) is 0 Å². The Morgan fingerprint density at radius 1 is 1.33 bits per heavy atom. The molecule has 21 heavy (non-hydrogen) atoms. The summed E-state index contributed by atoms with van der Waals surface area (Å²) in [5.41, 5.74) is 0.113. The van der Waals surface area contributed by atoms with Crippen molar-refractivity contribution in [2.45, 2.75) is 71.6 Å². The summed E-state index contributed by atoms with van der Waals surface area (Å²) in [4.78, 5) is 12.6. The minimum absolute atomic E-state index is 0.113. The number of carbonyl (C=O) groups is 1. The van der Waals surface area contributed by atoms with Crippen molar-refractivity contribution in [3.63, 3.8) is 0 Å². The molecule has 0 radical (unpaired) electrons. The van der Waals surface area contributed by atoms with E-state index in [1.165, 1.54) is 0 Å². The maximum Gasteiger partial charge on any atom is 0.223 e. The van der Waals surface area contributed by atoms with Crippen molar-refractivity contribution in [3.8, 4) is 0 Å². The highest BCUT2D eigenvalue weighted by atomic mass is 16.5. The van der Waals surface area contributed by atoms with E-state index >= 15 is 0 Å². The van der Waals surface area contributed by atoms with Crippen LogP contribution in [0.15, 0.2) is 0 Å². The molecule has 4 nitrogen and oxygen atoms in total. The van der Waals surface area contributed by atoms with E-state index in [0.29, 0.717) is 12.0 Å². The summed E-state index contributed by atoms with van der Waals surface area (Å²) in [6, 6.07) is 0.706. The monoisotopic (exact) mass is 296 g/mol.